The van der Waals surface area contributed by atoms with Crippen LogP contribution in [-0.4, -0.2) is 39.4 Å². The predicted molar refractivity (Wildman–Crippen MR) is 84.2 cm³/mol. The van der Waals surface area contributed by atoms with Gasteiger partial charge in [0, 0.05) is 6.61 Å². The predicted octanol–water partition coefficient (Wildman–Crippen LogP) is 4.15. The Hall–Kier alpha value is -0.970. The Morgan fingerprint density at radius 2 is 1.67 bits per heavy atom. The molecule has 2 unspecified atom stereocenters. The molecule has 122 valence electrons. The molecule has 4 heteroatoms. The van der Waals surface area contributed by atoms with Gasteiger partial charge in [-0.25, -0.2) is 0 Å². The van der Waals surface area contributed by atoms with Crippen molar-refractivity contribution in [2.75, 3.05) is 27.2 Å². The van der Waals surface area contributed by atoms with E-state index in [1.165, 1.54) is 5.56 Å². The van der Waals surface area contributed by atoms with E-state index in [0.29, 0.717) is 26.7 Å². The fraction of sp³-hybridized carbons (Fsp3) is 0.647. The zero-order chi connectivity index (χ0) is 15.9. The summed E-state index contributed by atoms with van der Waals surface area (Å²) in [6.07, 6.45) is 2.78. The van der Waals surface area contributed by atoms with Gasteiger partial charge in [-0.15, -0.1) is 0 Å². The quantitative estimate of drug-likeness (QED) is 0.720. The number of hydrogen-bond donors (Lipinski definition) is 0. The molecular formula is C17H29FO3. The SMILES string of the molecule is C1COC2COCOC2C1.CC.CF.Cc1ccccc1. The van der Waals surface area contributed by atoms with Crippen molar-refractivity contribution in [1.82, 2.24) is 0 Å². The van der Waals surface area contributed by atoms with Crippen molar-refractivity contribution >= 4 is 0 Å². The van der Waals surface area contributed by atoms with E-state index < -0.39 is 0 Å². The summed E-state index contributed by atoms with van der Waals surface area (Å²) < 4.78 is 25.4. The first-order chi connectivity index (χ1) is 10.4. The van der Waals surface area contributed by atoms with Gasteiger partial charge in [-0.3, -0.25) is 4.39 Å². The van der Waals surface area contributed by atoms with Crippen molar-refractivity contribution in [3.63, 3.8) is 0 Å². The Kier molecular flexibility index (Phi) is 13.3. The molecule has 3 nitrogen and oxygen atoms in total. The van der Waals surface area contributed by atoms with Gasteiger partial charge >= 0.3 is 0 Å². The van der Waals surface area contributed by atoms with Crippen LogP contribution in [0.25, 0.3) is 0 Å². The molecule has 1 aromatic rings. The number of ether oxygens (including phenoxy) is 3. The van der Waals surface area contributed by atoms with Crippen molar-refractivity contribution < 1.29 is 18.6 Å². The van der Waals surface area contributed by atoms with Gasteiger partial charge in [0.05, 0.1) is 19.9 Å². The van der Waals surface area contributed by atoms with E-state index >= 15 is 0 Å². The molecular weight excluding hydrogens is 271 g/mol. The van der Waals surface area contributed by atoms with Crippen LogP contribution in [0.4, 0.5) is 4.39 Å². The molecule has 0 aliphatic carbocycles. The topological polar surface area (TPSA) is 27.7 Å². The number of fused-ring (bicyclic) bond motifs is 1. The van der Waals surface area contributed by atoms with Crippen LogP contribution in [0.15, 0.2) is 30.3 Å². The monoisotopic (exact) mass is 300 g/mol. The summed E-state index contributed by atoms with van der Waals surface area (Å²) in [7, 11) is 0.500. The van der Waals surface area contributed by atoms with Crippen LogP contribution in [0, 0.1) is 6.92 Å². The molecule has 0 saturated carbocycles. The van der Waals surface area contributed by atoms with Gasteiger partial charge in [0.15, 0.2) is 0 Å². The summed E-state index contributed by atoms with van der Waals surface area (Å²) in [6.45, 7) is 8.11. The second-order valence-electron chi connectivity index (χ2n) is 4.40. The molecule has 2 fully saturated rings. The summed E-state index contributed by atoms with van der Waals surface area (Å²) in [5.41, 5.74) is 1.32. The molecule has 2 saturated heterocycles. The fourth-order valence-electron chi connectivity index (χ4n) is 1.99. The lowest BCUT2D eigenvalue weighted by molar-refractivity contribution is -0.223. The summed E-state index contributed by atoms with van der Waals surface area (Å²) in [5, 5.41) is 0. The summed E-state index contributed by atoms with van der Waals surface area (Å²) in [6, 6.07) is 10.3. The third-order valence-electron chi connectivity index (χ3n) is 2.97. The second-order valence-corrected chi connectivity index (χ2v) is 4.40. The molecule has 21 heavy (non-hydrogen) atoms. The average molecular weight is 300 g/mol. The highest BCUT2D eigenvalue weighted by atomic mass is 19.1. The fourth-order valence-corrected chi connectivity index (χ4v) is 1.99. The molecule has 2 atom stereocenters. The lowest BCUT2D eigenvalue weighted by Gasteiger charge is -2.34. The average Bonchev–Trinajstić information content (AvgIpc) is 2.60. The summed E-state index contributed by atoms with van der Waals surface area (Å²) in [5.74, 6) is 0. The van der Waals surface area contributed by atoms with Crippen molar-refractivity contribution in [1.29, 1.82) is 0 Å². The first kappa shape index (κ1) is 20.0. The number of rotatable bonds is 0. The van der Waals surface area contributed by atoms with Crippen LogP contribution in [0.3, 0.4) is 0 Å². The zero-order valence-electron chi connectivity index (χ0n) is 13.7. The minimum absolute atomic E-state index is 0.211. The van der Waals surface area contributed by atoms with Crippen LogP contribution in [-0.2, 0) is 14.2 Å². The highest BCUT2D eigenvalue weighted by molar-refractivity contribution is 5.11. The maximum absolute atomic E-state index is 9.50. The highest BCUT2D eigenvalue weighted by Gasteiger charge is 2.29. The number of alkyl halides is 1. The number of benzene rings is 1. The van der Waals surface area contributed by atoms with E-state index in [-0.39, 0.29) is 6.10 Å². The molecule has 0 N–H and O–H groups in total. The van der Waals surface area contributed by atoms with Gasteiger partial charge in [-0.05, 0) is 19.8 Å². The number of hydrogen-bond acceptors (Lipinski definition) is 3. The van der Waals surface area contributed by atoms with E-state index in [1.807, 2.05) is 32.0 Å². The minimum atomic E-state index is 0.211. The van der Waals surface area contributed by atoms with Crippen LogP contribution in [0.2, 0.25) is 0 Å². The molecule has 1 aromatic carbocycles. The van der Waals surface area contributed by atoms with E-state index in [4.69, 9.17) is 14.2 Å². The maximum atomic E-state index is 9.50. The van der Waals surface area contributed by atoms with E-state index in [1.54, 1.807) is 0 Å². The summed E-state index contributed by atoms with van der Waals surface area (Å²) >= 11 is 0. The Balaban J connectivity index is 0.000000321. The van der Waals surface area contributed by atoms with E-state index in [9.17, 15) is 4.39 Å². The van der Waals surface area contributed by atoms with Crippen LogP contribution in [0.5, 0.6) is 0 Å². The first-order valence-corrected chi connectivity index (χ1v) is 7.56. The van der Waals surface area contributed by atoms with Gasteiger partial charge in [0.2, 0.25) is 0 Å². The van der Waals surface area contributed by atoms with Crippen molar-refractivity contribution in [3.05, 3.63) is 35.9 Å². The zero-order valence-corrected chi connectivity index (χ0v) is 13.7. The number of aryl methyl sites for hydroxylation is 1. The molecule has 0 radical (unpaired) electrons. The largest absolute Gasteiger partial charge is 0.373 e. The van der Waals surface area contributed by atoms with Crippen molar-refractivity contribution in [3.8, 4) is 0 Å². The Bertz CT molecular complexity index is 293. The Labute approximate surface area is 128 Å². The Morgan fingerprint density at radius 3 is 2.19 bits per heavy atom. The van der Waals surface area contributed by atoms with Gasteiger partial charge in [0.1, 0.15) is 12.9 Å². The maximum Gasteiger partial charge on any atom is 0.147 e. The minimum Gasteiger partial charge on any atom is -0.373 e. The lowest BCUT2D eigenvalue weighted by Crippen LogP contribution is -2.43. The van der Waals surface area contributed by atoms with Crippen LogP contribution < -0.4 is 0 Å². The summed E-state index contributed by atoms with van der Waals surface area (Å²) in [4.78, 5) is 0. The number of halogens is 1. The van der Waals surface area contributed by atoms with Crippen molar-refractivity contribution in [2.45, 2.75) is 45.8 Å². The third kappa shape index (κ3) is 8.81. The lowest BCUT2D eigenvalue weighted by atomic mass is 10.1. The molecule has 0 aromatic heterocycles. The van der Waals surface area contributed by atoms with E-state index in [2.05, 4.69) is 19.1 Å². The highest BCUT2D eigenvalue weighted by Crippen LogP contribution is 2.20. The van der Waals surface area contributed by atoms with Crippen LogP contribution in [0.1, 0.15) is 32.3 Å². The molecule has 2 aliphatic heterocycles. The normalized spacial score (nSPS) is 22.9. The second kappa shape index (κ2) is 14.0. The standard InChI is InChI=1S/C7H12O3.C7H8.C2H6.CH3F/c1-2-6-7(9-3-1)4-8-5-10-6;1-7-5-3-2-4-6-7;2*1-2/h6-7H,1-5H2;2-6H,1H3;1-2H3;1H3. The van der Waals surface area contributed by atoms with Crippen molar-refractivity contribution in [2.24, 2.45) is 0 Å². The van der Waals surface area contributed by atoms with E-state index in [0.717, 1.165) is 19.4 Å². The van der Waals surface area contributed by atoms with Gasteiger partial charge in [0.25, 0.3) is 0 Å². The first-order valence-electron chi connectivity index (χ1n) is 7.56. The molecule has 2 heterocycles. The van der Waals surface area contributed by atoms with Gasteiger partial charge < -0.3 is 14.2 Å². The Morgan fingerprint density at radius 1 is 1.00 bits per heavy atom. The molecule has 0 bridgehead atoms. The third-order valence-corrected chi connectivity index (χ3v) is 2.97. The van der Waals surface area contributed by atoms with Gasteiger partial charge in [-0.2, -0.15) is 0 Å². The smallest absolute Gasteiger partial charge is 0.147 e. The molecule has 3 rings (SSSR count). The van der Waals surface area contributed by atoms with Crippen LogP contribution >= 0.6 is 0 Å². The van der Waals surface area contributed by atoms with Gasteiger partial charge in [-0.1, -0.05) is 49.7 Å². The molecule has 0 amide bonds. The molecule has 0 spiro atoms. The molecule has 2 aliphatic rings.